The predicted molar refractivity (Wildman–Crippen MR) is 77.3 cm³/mol. The normalized spacial score (nSPS) is 29.4. The first-order chi connectivity index (χ1) is 9.42. The summed E-state index contributed by atoms with van der Waals surface area (Å²) in [5, 5.41) is 9.33. The largest absolute Gasteiger partial charge is 0.481 e. The van der Waals surface area contributed by atoms with Gasteiger partial charge in [-0.2, -0.15) is 0 Å². The fourth-order valence-electron chi connectivity index (χ4n) is 3.76. The van der Waals surface area contributed by atoms with Gasteiger partial charge in [0.15, 0.2) is 0 Å². The summed E-state index contributed by atoms with van der Waals surface area (Å²) >= 11 is 0. The number of aliphatic carboxylic acids is 1. The van der Waals surface area contributed by atoms with E-state index in [0.29, 0.717) is 18.9 Å². The van der Waals surface area contributed by atoms with E-state index in [2.05, 4.69) is 0 Å². The van der Waals surface area contributed by atoms with Crippen LogP contribution in [-0.2, 0) is 9.59 Å². The molecule has 1 aliphatic carbocycles. The Bertz CT molecular complexity index is 376. The third kappa shape index (κ3) is 3.33. The zero-order chi connectivity index (χ0) is 14.8. The van der Waals surface area contributed by atoms with Gasteiger partial charge in [0.2, 0.25) is 5.91 Å². The van der Waals surface area contributed by atoms with Gasteiger partial charge in [0.05, 0.1) is 5.41 Å². The average Bonchev–Trinajstić information content (AvgIpc) is 2.90. The lowest BCUT2D eigenvalue weighted by Crippen LogP contribution is -2.49. The summed E-state index contributed by atoms with van der Waals surface area (Å²) in [6, 6.07) is 0. The first kappa shape index (κ1) is 15.3. The lowest BCUT2D eigenvalue weighted by molar-refractivity contribution is -0.154. The molecule has 0 aromatic carbocycles. The Morgan fingerprint density at radius 2 is 1.95 bits per heavy atom. The summed E-state index contributed by atoms with van der Waals surface area (Å²) in [6.45, 7) is 4.86. The van der Waals surface area contributed by atoms with Gasteiger partial charge in [0, 0.05) is 19.0 Å². The number of hydrogen-bond acceptors (Lipinski definition) is 2. The van der Waals surface area contributed by atoms with Crippen molar-refractivity contribution in [2.45, 2.75) is 58.8 Å². The molecule has 4 nitrogen and oxygen atoms in total. The molecule has 1 aliphatic heterocycles. The summed E-state index contributed by atoms with van der Waals surface area (Å²) in [5.74, 6) is 0.112. The number of carbonyl (C=O) groups is 2. The van der Waals surface area contributed by atoms with E-state index in [1.165, 1.54) is 25.7 Å². The van der Waals surface area contributed by atoms with Gasteiger partial charge in [-0.15, -0.1) is 0 Å². The maximum Gasteiger partial charge on any atom is 0.311 e. The van der Waals surface area contributed by atoms with E-state index >= 15 is 0 Å². The summed E-state index contributed by atoms with van der Waals surface area (Å²) < 4.78 is 0. The zero-order valence-electron chi connectivity index (χ0n) is 12.7. The van der Waals surface area contributed by atoms with Crippen molar-refractivity contribution in [3.05, 3.63) is 0 Å². The molecule has 0 spiro atoms. The zero-order valence-corrected chi connectivity index (χ0v) is 12.7. The van der Waals surface area contributed by atoms with Gasteiger partial charge >= 0.3 is 5.97 Å². The third-order valence-electron chi connectivity index (χ3n) is 5.11. The van der Waals surface area contributed by atoms with Gasteiger partial charge in [-0.25, -0.2) is 0 Å². The first-order valence-electron chi connectivity index (χ1n) is 7.94. The number of carboxylic acid groups (broad SMARTS) is 1. The van der Waals surface area contributed by atoms with Gasteiger partial charge in [0.25, 0.3) is 0 Å². The van der Waals surface area contributed by atoms with E-state index in [1.54, 1.807) is 11.8 Å². The van der Waals surface area contributed by atoms with E-state index < -0.39 is 11.4 Å². The molecule has 20 heavy (non-hydrogen) atoms. The average molecular weight is 281 g/mol. The summed E-state index contributed by atoms with van der Waals surface area (Å²) in [7, 11) is 0. The highest BCUT2D eigenvalue weighted by atomic mass is 16.4. The number of likely N-dealkylation sites (tertiary alicyclic amines) is 1. The molecule has 2 fully saturated rings. The van der Waals surface area contributed by atoms with Crippen LogP contribution >= 0.6 is 0 Å². The Hall–Kier alpha value is -1.06. The van der Waals surface area contributed by atoms with Crippen molar-refractivity contribution in [1.82, 2.24) is 4.90 Å². The highest BCUT2D eigenvalue weighted by Gasteiger charge is 2.40. The van der Waals surface area contributed by atoms with Crippen LogP contribution in [0.5, 0.6) is 0 Å². The Morgan fingerprint density at radius 3 is 2.55 bits per heavy atom. The summed E-state index contributed by atoms with van der Waals surface area (Å²) in [6.07, 6.45) is 7.54. The summed E-state index contributed by atoms with van der Waals surface area (Å²) in [5.41, 5.74) is -0.763. The fraction of sp³-hybridized carbons (Fsp3) is 0.875. The third-order valence-corrected chi connectivity index (χ3v) is 5.11. The van der Waals surface area contributed by atoms with Crippen LogP contribution < -0.4 is 0 Å². The highest BCUT2D eigenvalue weighted by molar-refractivity contribution is 5.81. The van der Waals surface area contributed by atoms with E-state index in [0.717, 1.165) is 19.4 Å². The molecule has 1 N–H and O–H groups in total. The van der Waals surface area contributed by atoms with Crippen molar-refractivity contribution in [2.75, 3.05) is 13.1 Å². The minimum absolute atomic E-state index is 0.0363. The lowest BCUT2D eigenvalue weighted by atomic mass is 9.81. The lowest BCUT2D eigenvalue weighted by Gasteiger charge is -2.38. The van der Waals surface area contributed by atoms with Crippen LogP contribution in [0.25, 0.3) is 0 Å². The molecule has 1 heterocycles. The Kier molecular flexibility index (Phi) is 4.71. The molecule has 0 aromatic rings. The van der Waals surface area contributed by atoms with Crippen LogP contribution in [0.3, 0.4) is 0 Å². The maximum absolute atomic E-state index is 12.5. The maximum atomic E-state index is 12.5. The molecule has 1 saturated carbocycles. The number of hydrogen-bond donors (Lipinski definition) is 1. The number of carbonyl (C=O) groups excluding carboxylic acids is 1. The Balaban J connectivity index is 1.92. The van der Waals surface area contributed by atoms with Crippen LogP contribution in [0.4, 0.5) is 0 Å². The fourth-order valence-corrected chi connectivity index (χ4v) is 3.76. The topological polar surface area (TPSA) is 57.6 Å². The van der Waals surface area contributed by atoms with Crippen LogP contribution in [-0.4, -0.2) is 35.0 Å². The van der Waals surface area contributed by atoms with Gasteiger partial charge in [-0.3, -0.25) is 9.59 Å². The van der Waals surface area contributed by atoms with Gasteiger partial charge in [0.1, 0.15) is 0 Å². The second kappa shape index (κ2) is 6.15. The molecular weight excluding hydrogens is 254 g/mol. The summed E-state index contributed by atoms with van der Waals surface area (Å²) in [4.78, 5) is 25.7. The molecular formula is C16H27NO3. The minimum atomic E-state index is -0.779. The van der Waals surface area contributed by atoms with E-state index in [-0.39, 0.29) is 11.8 Å². The van der Waals surface area contributed by atoms with Crippen molar-refractivity contribution in [1.29, 1.82) is 0 Å². The Labute approximate surface area is 121 Å². The molecule has 4 heteroatoms. The molecule has 2 unspecified atom stereocenters. The SMILES string of the molecule is CC(CC1CCCC1)C(=O)N1CCCC(C)(C(=O)O)C1. The smallest absolute Gasteiger partial charge is 0.311 e. The molecule has 2 rings (SSSR count). The molecule has 0 bridgehead atoms. The van der Waals surface area contributed by atoms with Crippen molar-refractivity contribution in [2.24, 2.45) is 17.3 Å². The number of amides is 1. The van der Waals surface area contributed by atoms with Crippen LogP contribution in [0.1, 0.15) is 58.8 Å². The number of carboxylic acids is 1. The minimum Gasteiger partial charge on any atom is -0.481 e. The van der Waals surface area contributed by atoms with Crippen LogP contribution in [0, 0.1) is 17.3 Å². The standard InChI is InChI=1S/C16H27NO3/c1-12(10-13-6-3-4-7-13)14(18)17-9-5-8-16(2,11-17)15(19)20/h12-13H,3-11H2,1-2H3,(H,19,20). The number of piperidine rings is 1. The molecule has 0 aromatic heterocycles. The quantitative estimate of drug-likeness (QED) is 0.862. The van der Waals surface area contributed by atoms with E-state index in [1.807, 2.05) is 6.92 Å². The molecule has 2 atom stereocenters. The monoisotopic (exact) mass is 281 g/mol. The molecule has 114 valence electrons. The second-order valence-electron chi connectivity index (χ2n) is 7.02. The van der Waals surface area contributed by atoms with Gasteiger partial charge in [-0.05, 0) is 32.1 Å². The predicted octanol–water partition coefficient (Wildman–Crippen LogP) is 2.92. The van der Waals surface area contributed by atoms with Crippen molar-refractivity contribution < 1.29 is 14.7 Å². The first-order valence-corrected chi connectivity index (χ1v) is 7.94. The molecule has 2 aliphatic rings. The Morgan fingerprint density at radius 1 is 1.30 bits per heavy atom. The molecule has 1 saturated heterocycles. The van der Waals surface area contributed by atoms with E-state index in [4.69, 9.17) is 0 Å². The highest BCUT2D eigenvalue weighted by Crippen LogP contribution is 2.33. The van der Waals surface area contributed by atoms with E-state index in [9.17, 15) is 14.7 Å². The number of nitrogens with zero attached hydrogens (tertiary/aromatic N) is 1. The molecule has 0 radical (unpaired) electrons. The van der Waals surface area contributed by atoms with Crippen molar-refractivity contribution in [3.63, 3.8) is 0 Å². The number of rotatable bonds is 4. The van der Waals surface area contributed by atoms with Crippen LogP contribution in [0.15, 0.2) is 0 Å². The van der Waals surface area contributed by atoms with Crippen LogP contribution in [0.2, 0.25) is 0 Å². The van der Waals surface area contributed by atoms with Gasteiger partial charge in [-0.1, -0.05) is 32.6 Å². The van der Waals surface area contributed by atoms with Crippen molar-refractivity contribution in [3.8, 4) is 0 Å². The van der Waals surface area contributed by atoms with Gasteiger partial charge < -0.3 is 10.0 Å². The second-order valence-corrected chi connectivity index (χ2v) is 7.02. The molecule has 1 amide bonds. The van der Waals surface area contributed by atoms with Crippen molar-refractivity contribution >= 4 is 11.9 Å².